The standard InChI is InChI=1S/C23H18Cl2N2O3S/c1-11(28)20-14-2-3-15(8-14)21(20)22(29)27(30)23-26-18-7-5-13(10-19(18)31-23)12-4-6-16(24)17(25)9-12/h2-7,9-10,14-15,20-21,30H,8H2,1H3/t14?,15?,20-,21+/m0/s1. The van der Waals surface area contributed by atoms with E-state index in [4.69, 9.17) is 23.2 Å². The second kappa shape index (κ2) is 7.71. The van der Waals surface area contributed by atoms with E-state index in [1.54, 1.807) is 12.1 Å². The highest BCUT2D eigenvalue weighted by atomic mass is 35.5. The third-order valence-corrected chi connectivity index (χ3v) is 7.97. The fraction of sp³-hybridized carbons (Fsp3) is 0.261. The number of halogens is 2. The van der Waals surface area contributed by atoms with Gasteiger partial charge in [-0.25, -0.2) is 4.98 Å². The van der Waals surface area contributed by atoms with Gasteiger partial charge in [0.1, 0.15) is 5.78 Å². The van der Waals surface area contributed by atoms with Crippen molar-refractivity contribution in [2.24, 2.45) is 23.7 Å². The molecule has 2 aliphatic rings. The van der Waals surface area contributed by atoms with Crippen LogP contribution in [0, 0.1) is 23.7 Å². The first-order valence-corrected chi connectivity index (χ1v) is 11.5. The summed E-state index contributed by atoms with van der Waals surface area (Å²) < 4.78 is 0.821. The lowest BCUT2D eigenvalue weighted by molar-refractivity contribution is -0.134. The quantitative estimate of drug-likeness (QED) is 0.286. The monoisotopic (exact) mass is 472 g/mol. The van der Waals surface area contributed by atoms with E-state index in [2.05, 4.69) is 4.98 Å². The maximum absolute atomic E-state index is 13.1. The summed E-state index contributed by atoms with van der Waals surface area (Å²) in [5.74, 6) is -1.35. The number of benzene rings is 2. The zero-order valence-corrected chi connectivity index (χ0v) is 18.8. The number of Topliss-reactive ketones (excluding diaryl/α,β-unsaturated/α-hetero) is 1. The van der Waals surface area contributed by atoms with Crippen LogP contribution in [0.2, 0.25) is 10.0 Å². The zero-order chi connectivity index (χ0) is 21.9. The summed E-state index contributed by atoms with van der Waals surface area (Å²) in [5.41, 5.74) is 2.50. The maximum Gasteiger partial charge on any atom is 0.257 e. The number of nitrogens with zero attached hydrogens (tertiary/aromatic N) is 2. The van der Waals surface area contributed by atoms with E-state index in [1.807, 2.05) is 36.4 Å². The van der Waals surface area contributed by atoms with Gasteiger partial charge in [-0.3, -0.25) is 14.8 Å². The van der Waals surface area contributed by atoms with Crippen LogP contribution in [0.3, 0.4) is 0 Å². The molecule has 1 aromatic heterocycles. The van der Waals surface area contributed by atoms with Crippen molar-refractivity contribution >= 4 is 61.6 Å². The second-order valence-corrected chi connectivity index (χ2v) is 9.89. The molecular formula is C23H18Cl2N2O3S. The molecule has 0 spiro atoms. The Labute approximate surface area is 192 Å². The maximum atomic E-state index is 13.1. The number of amides is 1. The molecule has 1 heterocycles. The van der Waals surface area contributed by atoms with Gasteiger partial charge in [-0.05, 0) is 60.6 Å². The Bertz CT molecular complexity index is 1250. The molecule has 0 aliphatic heterocycles. The second-order valence-electron chi connectivity index (χ2n) is 8.07. The molecule has 5 rings (SSSR count). The predicted molar refractivity (Wildman–Crippen MR) is 123 cm³/mol. The Kier molecular flexibility index (Phi) is 5.13. The fourth-order valence-corrected chi connectivity index (χ4v) is 6.03. The smallest absolute Gasteiger partial charge is 0.257 e. The molecule has 0 radical (unpaired) electrons. The number of fused-ring (bicyclic) bond motifs is 3. The molecule has 158 valence electrons. The van der Waals surface area contributed by atoms with Gasteiger partial charge >= 0.3 is 0 Å². The summed E-state index contributed by atoms with van der Waals surface area (Å²) >= 11 is 13.4. The minimum absolute atomic E-state index is 0.0147. The van der Waals surface area contributed by atoms with Gasteiger partial charge in [-0.1, -0.05) is 58.8 Å². The van der Waals surface area contributed by atoms with Gasteiger partial charge in [0, 0.05) is 5.92 Å². The number of rotatable bonds is 4. The van der Waals surface area contributed by atoms with E-state index in [0.29, 0.717) is 20.6 Å². The molecule has 2 unspecified atom stereocenters. The molecule has 2 bridgehead atoms. The van der Waals surface area contributed by atoms with Gasteiger partial charge in [0.15, 0.2) is 0 Å². The zero-order valence-electron chi connectivity index (χ0n) is 16.5. The van der Waals surface area contributed by atoms with E-state index in [1.165, 1.54) is 18.3 Å². The highest BCUT2D eigenvalue weighted by Crippen LogP contribution is 2.49. The van der Waals surface area contributed by atoms with Crippen molar-refractivity contribution in [3.8, 4) is 11.1 Å². The van der Waals surface area contributed by atoms with Crippen LogP contribution in [0.25, 0.3) is 21.3 Å². The van der Waals surface area contributed by atoms with Gasteiger partial charge in [-0.2, -0.15) is 5.06 Å². The topological polar surface area (TPSA) is 70.5 Å². The van der Waals surface area contributed by atoms with E-state index in [9.17, 15) is 14.8 Å². The molecule has 2 aliphatic carbocycles. The molecule has 1 saturated carbocycles. The largest absolute Gasteiger partial charge is 0.300 e. The summed E-state index contributed by atoms with van der Waals surface area (Å²) in [7, 11) is 0. The molecule has 1 N–H and O–H groups in total. The molecule has 1 fully saturated rings. The molecule has 8 heteroatoms. The lowest BCUT2D eigenvalue weighted by atomic mass is 9.80. The van der Waals surface area contributed by atoms with Gasteiger partial charge in [0.05, 0.1) is 26.2 Å². The lowest BCUT2D eigenvalue weighted by Crippen LogP contribution is -2.41. The van der Waals surface area contributed by atoms with Crippen molar-refractivity contribution in [3.63, 3.8) is 0 Å². The third-order valence-electron chi connectivity index (χ3n) is 6.23. The fourth-order valence-electron chi connectivity index (χ4n) is 4.81. The van der Waals surface area contributed by atoms with Crippen molar-refractivity contribution in [1.29, 1.82) is 0 Å². The summed E-state index contributed by atoms with van der Waals surface area (Å²) in [6.07, 6.45) is 4.79. The average Bonchev–Trinajstić information content (AvgIpc) is 3.47. The first-order chi connectivity index (χ1) is 14.8. The molecule has 4 atom stereocenters. The Morgan fingerprint density at radius 2 is 1.71 bits per heavy atom. The SMILES string of the molecule is CC(=O)[C@H]1C2C=CC(C2)[C@H]1C(=O)N(O)c1nc2ccc(-c3ccc(Cl)c(Cl)c3)cc2s1. The van der Waals surface area contributed by atoms with Crippen LogP contribution < -0.4 is 5.06 Å². The number of aromatic nitrogens is 1. The van der Waals surface area contributed by atoms with E-state index < -0.39 is 11.8 Å². The highest BCUT2D eigenvalue weighted by molar-refractivity contribution is 7.22. The van der Waals surface area contributed by atoms with Crippen LogP contribution in [0.15, 0.2) is 48.6 Å². The Hall–Kier alpha value is -2.25. The summed E-state index contributed by atoms with van der Waals surface area (Å²) in [6.45, 7) is 1.52. The van der Waals surface area contributed by atoms with Crippen LogP contribution in [-0.2, 0) is 9.59 Å². The number of hydrogen-bond donors (Lipinski definition) is 1. The number of carbonyl (C=O) groups excluding carboxylic acids is 2. The van der Waals surface area contributed by atoms with Crippen molar-refractivity contribution in [2.45, 2.75) is 13.3 Å². The van der Waals surface area contributed by atoms with E-state index >= 15 is 0 Å². The van der Waals surface area contributed by atoms with Gasteiger partial charge in [-0.15, -0.1) is 0 Å². The number of allylic oxidation sites excluding steroid dienone is 2. The van der Waals surface area contributed by atoms with Crippen LogP contribution in [0.1, 0.15) is 13.3 Å². The number of anilines is 1. The molecule has 5 nitrogen and oxygen atoms in total. The van der Waals surface area contributed by atoms with Gasteiger partial charge in [0.2, 0.25) is 5.13 Å². The van der Waals surface area contributed by atoms with Crippen LogP contribution >= 0.6 is 34.5 Å². The summed E-state index contributed by atoms with van der Waals surface area (Å²) in [6, 6.07) is 11.1. The number of ketones is 1. The first-order valence-electron chi connectivity index (χ1n) is 9.91. The van der Waals surface area contributed by atoms with Gasteiger partial charge in [0.25, 0.3) is 5.91 Å². The average molecular weight is 473 g/mol. The predicted octanol–water partition coefficient (Wildman–Crippen LogP) is 6.02. The van der Waals surface area contributed by atoms with Crippen LogP contribution in [0.4, 0.5) is 5.13 Å². The van der Waals surface area contributed by atoms with Crippen molar-refractivity contribution in [2.75, 3.05) is 5.06 Å². The number of thiazole rings is 1. The molecule has 2 aromatic carbocycles. The third kappa shape index (κ3) is 3.48. The first kappa shape index (κ1) is 20.6. The molecule has 31 heavy (non-hydrogen) atoms. The minimum Gasteiger partial charge on any atom is -0.300 e. The van der Waals surface area contributed by atoms with Crippen LogP contribution in [0.5, 0.6) is 0 Å². The molecule has 3 aromatic rings. The Morgan fingerprint density at radius 3 is 2.42 bits per heavy atom. The number of hydrogen-bond acceptors (Lipinski definition) is 5. The summed E-state index contributed by atoms with van der Waals surface area (Å²) in [4.78, 5) is 29.7. The Morgan fingerprint density at radius 1 is 1.03 bits per heavy atom. The van der Waals surface area contributed by atoms with E-state index in [-0.39, 0.29) is 28.7 Å². The highest BCUT2D eigenvalue weighted by Gasteiger charge is 2.51. The molecule has 0 saturated heterocycles. The lowest BCUT2D eigenvalue weighted by Gasteiger charge is -2.27. The molecule has 1 amide bonds. The van der Waals surface area contributed by atoms with Crippen molar-refractivity contribution < 1.29 is 14.8 Å². The van der Waals surface area contributed by atoms with E-state index in [0.717, 1.165) is 22.2 Å². The minimum atomic E-state index is -0.545. The van der Waals surface area contributed by atoms with Crippen molar-refractivity contribution in [3.05, 3.63) is 58.6 Å². The number of hydroxylamine groups is 1. The normalized spacial score (nSPS) is 24.1. The number of carbonyl (C=O) groups is 2. The van der Waals surface area contributed by atoms with Crippen molar-refractivity contribution in [1.82, 2.24) is 4.98 Å². The molecular weight excluding hydrogens is 455 g/mol. The summed E-state index contributed by atoms with van der Waals surface area (Å²) in [5, 5.41) is 12.5. The van der Waals surface area contributed by atoms with Gasteiger partial charge < -0.3 is 0 Å². The van der Waals surface area contributed by atoms with Crippen LogP contribution in [-0.4, -0.2) is 21.9 Å². The Balaban J connectivity index is 1.45.